The maximum Gasteiger partial charge on any atom is 0.0480 e. The van der Waals surface area contributed by atoms with Crippen molar-refractivity contribution >= 4 is 0 Å². The summed E-state index contributed by atoms with van der Waals surface area (Å²) in [6.45, 7) is 7.05. The molecule has 138 valence electrons. The van der Waals surface area contributed by atoms with E-state index >= 15 is 0 Å². The number of ether oxygens (including phenoxy) is 1. The number of likely N-dealkylation sites (tertiary alicyclic amines) is 1. The molecule has 4 nitrogen and oxygen atoms in total. The summed E-state index contributed by atoms with van der Waals surface area (Å²) in [7, 11) is 0. The van der Waals surface area contributed by atoms with Crippen LogP contribution in [0.15, 0.2) is 0 Å². The predicted molar refractivity (Wildman–Crippen MR) is 98.4 cm³/mol. The molecule has 24 heavy (non-hydrogen) atoms. The van der Waals surface area contributed by atoms with Crippen molar-refractivity contribution in [1.29, 1.82) is 0 Å². The van der Waals surface area contributed by atoms with Gasteiger partial charge in [-0.1, -0.05) is 0 Å². The molecule has 1 saturated carbocycles. The zero-order valence-electron chi connectivity index (χ0n) is 15.4. The molecular weight excluding hydrogens is 298 g/mol. The van der Waals surface area contributed by atoms with Crippen molar-refractivity contribution in [3.63, 3.8) is 0 Å². The maximum atomic E-state index is 5.52. The average Bonchev–Trinajstić information content (AvgIpc) is 2.66. The van der Waals surface area contributed by atoms with E-state index in [1.165, 1.54) is 90.4 Å². The van der Waals surface area contributed by atoms with Gasteiger partial charge in [0.15, 0.2) is 0 Å². The van der Waals surface area contributed by atoms with E-state index in [0.29, 0.717) is 5.41 Å². The first-order chi connectivity index (χ1) is 11.8. The first kappa shape index (κ1) is 17.3. The van der Waals surface area contributed by atoms with E-state index in [2.05, 4.69) is 15.5 Å². The molecule has 0 aromatic carbocycles. The third-order valence-electron chi connectivity index (χ3n) is 7.42. The summed E-state index contributed by atoms with van der Waals surface area (Å²) in [5, 5.41) is 7.57. The van der Waals surface area contributed by atoms with E-state index < -0.39 is 0 Å². The molecule has 4 rings (SSSR count). The van der Waals surface area contributed by atoms with Crippen molar-refractivity contribution in [3.05, 3.63) is 0 Å². The Morgan fingerprint density at radius 3 is 2.08 bits per heavy atom. The van der Waals surface area contributed by atoms with Gasteiger partial charge in [0.2, 0.25) is 0 Å². The quantitative estimate of drug-likeness (QED) is 0.831. The smallest absolute Gasteiger partial charge is 0.0480 e. The van der Waals surface area contributed by atoms with Crippen LogP contribution in [-0.2, 0) is 4.74 Å². The van der Waals surface area contributed by atoms with Crippen LogP contribution in [0.2, 0.25) is 0 Å². The van der Waals surface area contributed by atoms with E-state index in [4.69, 9.17) is 4.74 Å². The Morgan fingerprint density at radius 2 is 1.42 bits per heavy atom. The Hall–Kier alpha value is -0.160. The van der Waals surface area contributed by atoms with Crippen molar-refractivity contribution in [1.82, 2.24) is 15.5 Å². The lowest BCUT2D eigenvalue weighted by molar-refractivity contribution is 0.0222. The monoisotopic (exact) mass is 335 g/mol. The molecule has 0 bridgehead atoms. The minimum absolute atomic E-state index is 0.704. The summed E-state index contributed by atoms with van der Waals surface area (Å²) in [5.74, 6) is 0. The average molecular weight is 336 g/mol. The molecule has 0 amide bonds. The Labute approximate surface area is 148 Å². The second-order valence-electron chi connectivity index (χ2n) is 8.84. The van der Waals surface area contributed by atoms with Gasteiger partial charge in [0.1, 0.15) is 0 Å². The van der Waals surface area contributed by atoms with Gasteiger partial charge in [-0.3, -0.25) is 0 Å². The lowest BCUT2D eigenvalue weighted by Gasteiger charge is -2.45. The van der Waals surface area contributed by atoms with Gasteiger partial charge in [-0.2, -0.15) is 0 Å². The summed E-state index contributed by atoms with van der Waals surface area (Å²) in [6, 6.07) is 2.37. The van der Waals surface area contributed by atoms with Gasteiger partial charge in [0, 0.05) is 31.3 Å². The van der Waals surface area contributed by atoms with Crippen molar-refractivity contribution in [3.8, 4) is 0 Å². The van der Waals surface area contributed by atoms with Crippen molar-refractivity contribution < 1.29 is 4.74 Å². The molecule has 4 heteroatoms. The standard InChI is InChI=1S/C20H37N3O/c1-7-20(9-11-21-12-10-20)8-2-17(1)22-18-3-13-23(14-4-18)19-5-15-24-16-6-19/h17-19,21-22H,1-16H2. The second kappa shape index (κ2) is 8.03. The SMILES string of the molecule is C1CC2(CCN1)CCC(NC1CCN(C3CCOCC3)CC1)CC2. The summed E-state index contributed by atoms with van der Waals surface area (Å²) in [6.07, 6.45) is 13.8. The van der Waals surface area contributed by atoms with Crippen molar-refractivity contribution in [2.75, 3.05) is 39.4 Å². The van der Waals surface area contributed by atoms with Crippen LogP contribution in [0.1, 0.15) is 64.2 Å². The molecule has 0 unspecified atom stereocenters. The molecule has 2 N–H and O–H groups in total. The highest BCUT2D eigenvalue weighted by molar-refractivity contribution is 4.93. The Bertz CT molecular complexity index is 372. The molecule has 4 fully saturated rings. The zero-order chi connectivity index (χ0) is 16.2. The Balaban J connectivity index is 1.18. The van der Waals surface area contributed by atoms with E-state index in [1.807, 2.05) is 0 Å². The Kier molecular flexibility index (Phi) is 5.77. The first-order valence-electron chi connectivity index (χ1n) is 10.6. The van der Waals surface area contributed by atoms with Crippen LogP contribution in [0.3, 0.4) is 0 Å². The fraction of sp³-hybridized carbons (Fsp3) is 1.00. The van der Waals surface area contributed by atoms with Gasteiger partial charge < -0.3 is 20.3 Å². The second-order valence-corrected chi connectivity index (χ2v) is 8.84. The van der Waals surface area contributed by atoms with Crippen molar-refractivity contribution in [2.45, 2.75) is 82.3 Å². The van der Waals surface area contributed by atoms with Crippen LogP contribution in [0.25, 0.3) is 0 Å². The third-order valence-corrected chi connectivity index (χ3v) is 7.42. The van der Waals surface area contributed by atoms with E-state index in [9.17, 15) is 0 Å². The molecule has 0 aromatic rings. The van der Waals surface area contributed by atoms with Gasteiger partial charge in [0.25, 0.3) is 0 Å². The van der Waals surface area contributed by atoms with E-state index in [-0.39, 0.29) is 0 Å². The number of nitrogens with one attached hydrogen (secondary N) is 2. The number of hydrogen-bond acceptors (Lipinski definition) is 4. The first-order valence-corrected chi connectivity index (χ1v) is 10.6. The lowest BCUT2D eigenvalue weighted by Crippen LogP contribution is -2.51. The molecular formula is C20H37N3O. The van der Waals surface area contributed by atoms with Crippen molar-refractivity contribution in [2.24, 2.45) is 5.41 Å². The fourth-order valence-electron chi connectivity index (χ4n) is 5.67. The minimum Gasteiger partial charge on any atom is -0.381 e. The highest BCUT2D eigenvalue weighted by Gasteiger charge is 2.37. The van der Waals surface area contributed by atoms with Crippen LogP contribution in [-0.4, -0.2) is 62.4 Å². The molecule has 0 aromatic heterocycles. The fourth-order valence-corrected chi connectivity index (χ4v) is 5.67. The maximum absolute atomic E-state index is 5.52. The molecule has 1 spiro atoms. The number of nitrogens with zero attached hydrogens (tertiary/aromatic N) is 1. The van der Waals surface area contributed by atoms with Gasteiger partial charge in [-0.05, 0) is 95.8 Å². The highest BCUT2D eigenvalue weighted by Crippen LogP contribution is 2.43. The summed E-state index contributed by atoms with van der Waals surface area (Å²) < 4.78 is 5.52. The molecule has 4 aliphatic rings. The summed E-state index contributed by atoms with van der Waals surface area (Å²) in [5.41, 5.74) is 0.704. The molecule has 3 saturated heterocycles. The summed E-state index contributed by atoms with van der Waals surface area (Å²) in [4.78, 5) is 2.74. The zero-order valence-corrected chi connectivity index (χ0v) is 15.4. The van der Waals surface area contributed by atoms with E-state index in [1.54, 1.807) is 0 Å². The molecule has 3 aliphatic heterocycles. The van der Waals surface area contributed by atoms with Crippen LogP contribution >= 0.6 is 0 Å². The number of rotatable bonds is 3. The molecule has 3 heterocycles. The molecule has 1 aliphatic carbocycles. The highest BCUT2D eigenvalue weighted by atomic mass is 16.5. The molecule has 0 radical (unpaired) electrons. The van der Waals surface area contributed by atoms with Gasteiger partial charge in [-0.15, -0.1) is 0 Å². The van der Waals surface area contributed by atoms with Crippen LogP contribution in [0.5, 0.6) is 0 Å². The topological polar surface area (TPSA) is 36.5 Å². The Morgan fingerprint density at radius 1 is 0.792 bits per heavy atom. The van der Waals surface area contributed by atoms with Crippen LogP contribution in [0, 0.1) is 5.41 Å². The molecule has 0 atom stereocenters. The largest absolute Gasteiger partial charge is 0.381 e. The predicted octanol–water partition coefficient (Wildman–Crippen LogP) is 2.53. The summed E-state index contributed by atoms with van der Waals surface area (Å²) >= 11 is 0. The van der Waals surface area contributed by atoms with E-state index in [0.717, 1.165) is 31.3 Å². The van der Waals surface area contributed by atoms with Gasteiger partial charge in [-0.25, -0.2) is 0 Å². The number of hydrogen-bond donors (Lipinski definition) is 2. The van der Waals surface area contributed by atoms with Gasteiger partial charge >= 0.3 is 0 Å². The minimum atomic E-state index is 0.704. The normalized spacial score (nSPS) is 31.5. The van der Waals surface area contributed by atoms with Gasteiger partial charge in [0.05, 0.1) is 0 Å². The van der Waals surface area contributed by atoms with Crippen LogP contribution < -0.4 is 10.6 Å². The lowest BCUT2D eigenvalue weighted by atomic mass is 9.67. The number of piperidine rings is 2. The van der Waals surface area contributed by atoms with Crippen LogP contribution in [0.4, 0.5) is 0 Å². The third kappa shape index (κ3) is 4.14.